The van der Waals surface area contributed by atoms with E-state index in [1.54, 1.807) is 12.1 Å². The second kappa shape index (κ2) is 22.8. The molecule has 73 heavy (non-hydrogen) atoms. The minimum atomic E-state index is -4.34. The quantitative estimate of drug-likeness (QED) is 0.0714. The Labute approximate surface area is 426 Å². The Morgan fingerprint density at radius 1 is 0.644 bits per heavy atom. The van der Waals surface area contributed by atoms with Crippen molar-refractivity contribution < 1.29 is 35.9 Å². The third-order valence-electron chi connectivity index (χ3n) is 17.6. The van der Waals surface area contributed by atoms with Crippen molar-refractivity contribution in [2.24, 2.45) is 23.7 Å². The van der Waals surface area contributed by atoms with E-state index in [0.29, 0.717) is 49.3 Å². The van der Waals surface area contributed by atoms with E-state index >= 15 is 0 Å². The number of alkyl halides is 6. The largest absolute Gasteiger partial charge is 0.416 e. The van der Waals surface area contributed by atoms with Gasteiger partial charge in [0.25, 0.3) is 0 Å². The number of H-pyrrole nitrogens is 2. The molecule has 0 bridgehead atoms. The number of piperidine rings is 2. The Balaban J connectivity index is 0.000000180. The summed E-state index contributed by atoms with van der Waals surface area (Å²) in [6.45, 7) is 20.1. The number of piperazine rings is 1. The van der Waals surface area contributed by atoms with Gasteiger partial charge in [-0.15, -0.1) is 0 Å². The highest BCUT2D eigenvalue weighted by Gasteiger charge is 2.42. The lowest BCUT2D eigenvalue weighted by molar-refractivity contribution is -0.138. The average molecular weight is 1030 g/mol. The fourth-order valence-electron chi connectivity index (χ4n) is 13.6. The van der Waals surface area contributed by atoms with Crippen molar-refractivity contribution in [2.75, 3.05) is 105 Å². The fourth-order valence-corrected chi connectivity index (χ4v) is 13.6. The maximum atomic E-state index is 13.4. The highest BCUT2D eigenvalue weighted by molar-refractivity contribution is 5.87. The number of carbonyl (C=O) groups excluding carboxylic acids is 2. The number of fused-ring (bicyclic) bond motifs is 8. The number of halogens is 6. The molecule has 18 heteroatoms. The lowest BCUT2D eigenvalue weighted by Crippen LogP contribution is -2.52. The van der Waals surface area contributed by atoms with Gasteiger partial charge in [0.05, 0.1) is 11.1 Å². The minimum Gasteiger partial charge on any atom is -0.358 e. The van der Waals surface area contributed by atoms with Crippen LogP contribution < -0.4 is 16.0 Å². The van der Waals surface area contributed by atoms with Crippen LogP contribution in [0.1, 0.15) is 111 Å². The third kappa shape index (κ3) is 12.3. The van der Waals surface area contributed by atoms with Crippen LogP contribution in [0.3, 0.4) is 0 Å². The van der Waals surface area contributed by atoms with Crippen LogP contribution in [0.25, 0.3) is 21.8 Å². The number of aromatic nitrogens is 2. The van der Waals surface area contributed by atoms with E-state index in [0.717, 1.165) is 174 Å². The molecule has 0 radical (unpaired) electrons. The van der Waals surface area contributed by atoms with Crippen molar-refractivity contribution in [2.45, 2.75) is 109 Å². The number of benzene rings is 2. The van der Waals surface area contributed by atoms with Gasteiger partial charge < -0.3 is 45.5 Å². The topological polar surface area (TPSA) is 118 Å². The number of urea groups is 2. The molecule has 2 aliphatic carbocycles. The van der Waals surface area contributed by atoms with E-state index in [2.05, 4.69) is 73.3 Å². The van der Waals surface area contributed by atoms with Crippen LogP contribution in [0.15, 0.2) is 36.4 Å². The van der Waals surface area contributed by atoms with E-state index in [4.69, 9.17) is 0 Å². The Bertz CT molecular complexity index is 2520. The predicted molar refractivity (Wildman–Crippen MR) is 275 cm³/mol. The summed E-state index contributed by atoms with van der Waals surface area (Å²) in [5.41, 5.74) is 4.85. The lowest BCUT2D eigenvalue weighted by atomic mass is 9.68. The third-order valence-corrected chi connectivity index (χ3v) is 17.6. The van der Waals surface area contributed by atoms with Crippen LogP contribution in [0.5, 0.6) is 0 Å². The maximum Gasteiger partial charge on any atom is 0.416 e. The first-order valence-corrected chi connectivity index (χ1v) is 27.3. The van der Waals surface area contributed by atoms with Crippen LogP contribution in [-0.4, -0.2) is 158 Å². The van der Waals surface area contributed by atoms with Crippen molar-refractivity contribution >= 4 is 33.9 Å². The minimum absolute atomic E-state index is 0.0425. The Morgan fingerprint density at radius 2 is 1.16 bits per heavy atom. The van der Waals surface area contributed by atoms with E-state index in [1.165, 1.54) is 30.7 Å². The summed E-state index contributed by atoms with van der Waals surface area (Å²) in [5.74, 6) is 2.39. The summed E-state index contributed by atoms with van der Waals surface area (Å²) in [6.07, 6.45) is 0.611. The Hall–Kier alpha value is -4.52. The number of carbonyl (C=O) groups is 2. The molecule has 4 amide bonds. The number of aromatic amines is 2. The van der Waals surface area contributed by atoms with Crippen molar-refractivity contribution in [3.63, 3.8) is 0 Å². The molecule has 12 nitrogen and oxygen atoms in total. The molecule has 4 fully saturated rings. The highest BCUT2D eigenvalue weighted by atomic mass is 19.4. The van der Waals surface area contributed by atoms with Crippen LogP contribution in [0, 0.1) is 23.7 Å². The van der Waals surface area contributed by atoms with E-state index in [1.807, 2.05) is 4.90 Å². The van der Waals surface area contributed by atoms with Crippen LogP contribution in [0.4, 0.5) is 35.9 Å². The molecule has 6 aliphatic rings. The normalized spacial score (nSPS) is 26.2. The first-order valence-electron chi connectivity index (χ1n) is 27.3. The molecule has 6 heterocycles. The van der Waals surface area contributed by atoms with Gasteiger partial charge >= 0.3 is 24.4 Å². The molecule has 2 aromatic heterocycles. The van der Waals surface area contributed by atoms with Crippen LogP contribution in [-0.2, 0) is 25.2 Å². The van der Waals surface area contributed by atoms with Gasteiger partial charge in [-0.2, -0.15) is 26.3 Å². The number of hydrogen-bond donors (Lipinski definition) is 5. The molecular formula is C55H78F6N10O2. The maximum absolute atomic E-state index is 13.4. The summed E-state index contributed by atoms with van der Waals surface area (Å²) in [7, 11) is 2.10. The molecule has 0 saturated carbocycles. The lowest BCUT2D eigenvalue weighted by Gasteiger charge is -2.44. The van der Waals surface area contributed by atoms with Crippen molar-refractivity contribution in [1.82, 2.24) is 50.4 Å². The predicted octanol–water partition coefficient (Wildman–Crippen LogP) is 9.48. The van der Waals surface area contributed by atoms with Crippen molar-refractivity contribution in [3.8, 4) is 0 Å². The molecule has 10 rings (SSSR count). The van der Waals surface area contributed by atoms with Gasteiger partial charge in [0.2, 0.25) is 0 Å². The first kappa shape index (κ1) is 53.3. The molecule has 1 unspecified atom stereocenters. The summed E-state index contributed by atoms with van der Waals surface area (Å²) in [5, 5.41) is 10.5. The number of likely N-dealkylation sites (N-methyl/N-ethyl adjacent to an activating group) is 1. The second-order valence-corrected chi connectivity index (χ2v) is 22.2. The molecular weight excluding hydrogens is 947 g/mol. The van der Waals surface area contributed by atoms with Gasteiger partial charge in [0.15, 0.2) is 0 Å². The first-order chi connectivity index (χ1) is 34.9. The second-order valence-electron chi connectivity index (χ2n) is 22.2. The van der Waals surface area contributed by atoms with Gasteiger partial charge in [0.1, 0.15) is 0 Å². The number of hydrogen-bond acceptors (Lipinski definition) is 6. The van der Waals surface area contributed by atoms with Crippen molar-refractivity contribution in [3.05, 3.63) is 70.0 Å². The van der Waals surface area contributed by atoms with Gasteiger partial charge in [-0.3, -0.25) is 4.90 Å². The smallest absolute Gasteiger partial charge is 0.358 e. The molecule has 2 aromatic carbocycles. The number of rotatable bonds is 12. The number of nitrogens with one attached hydrogen (secondary N) is 5. The molecule has 4 aliphatic heterocycles. The zero-order valence-electron chi connectivity index (χ0n) is 43.3. The SMILES string of the molecule is CCCN1CCN(C(=O)NCCCN2CC[C@@H]3Cc4[nH]c5ccc(C(F)(F)F)cc5c4[C@H](C)[C@H]3C2)CC1.C[C@H]1c2c([nH]c3ccc(C(F)(F)F)cc23)C[C@H]2CCN(CCCNC(=O)NCC3CCCN3C)C[C@@H]21. The average Bonchev–Trinajstić information content (AvgIpc) is 4.07. The van der Waals surface area contributed by atoms with E-state index < -0.39 is 23.5 Å². The molecule has 7 atom stereocenters. The van der Waals surface area contributed by atoms with Crippen molar-refractivity contribution in [1.29, 1.82) is 0 Å². The highest BCUT2D eigenvalue weighted by Crippen LogP contribution is 2.48. The zero-order valence-corrected chi connectivity index (χ0v) is 43.3. The van der Waals surface area contributed by atoms with Gasteiger partial charge in [-0.05, 0) is 187 Å². The van der Waals surface area contributed by atoms with Gasteiger partial charge in [-0.1, -0.05) is 20.8 Å². The molecule has 402 valence electrons. The van der Waals surface area contributed by atoms with Crippen LogP contribution >= 0.6 is 0 Å². The van der Waals surface area contributed by atoms with E-state index in [9.17, 15) is 35.9 Å². The summed E-state index contributed by atoms with van der Waals surface area (Å²) >= 11 is 0. The Kier molecular flexibility index (Phi) is 16.6. The zero-order chi connectivity index (χ0) is 51.6. The molecule has 5 N–H and O–H groups in total. The standard InChI is InChI=1S/C28H40F3N5O.C27H38F3N5O/c1-3-9-34-12-14-36(15-13-34)27(37)32-8-4-10-35-11-7-20-16-25-26(19(2)23(20)18-35)22-17-21(28(29,30)31)5-6-24(22)33-25;1-17-22-16-35(11-4-9-31-26(36)32-15-20-5-3-10-34(20)2)12-8-18(22)13-24-25(17)21-14-19(27(28,29)30)6-7-23(21)33-24/h5-6,17,19-20,23,33H,3-4,7-16,18H2,1-2H3,(H,32,37);6-7,14,17-18,20,22,33H,3-5,8-13,15-16H2,1-2H3,(H2,31,32,36)/t19-,20-,23-;17-,18-,20?,22-/m11/s1. The molecule has 4 aromatic rings. The number of nitrogens with zero attached hydrogens (tertiary/aromatic N) is 5. The Morgan fingerprint density at radius 3 is 1.64 bits per heavy atom. The van der Waals surface area contributed by atoms with Gasteiger partial charge in [-0.25, -0.2) is 9.59 Å². The van der Waals surface area contributed by atoms with E-state index in [-0.39, 0.29) is 23.9 Å². The summed E-state index contributed by atoms with van der Waals surface area (Å²) in [6, 6.07) is 8.54. The molecule has 0 spiro atoms. The monoisotopic (exact) mass is 1020 g/mol. The number of likely N-dealkylation sites (tertiary alicyclic amines) is 3. The summed E-state index contributed by atoms with van der Waals surface area (Å²) < 4.78 is 80.2. The molecule has 4 saturated heterocycles. The number of amides is 4. The van der Waals surface area contributed by atoms with Crippen LogP contribution in [0.2, 0.25) is 0 Å². The summed E-state index contributed by atoms with van der Waals surface area (Å²) in [4.78, 5) is 43.1. The van der Waals surface area contributed by atoms with Gasteiger partial charge in [0, 0.05) is 98.1 Å². The fraction of sp³-hybridized carbons (Fsp3) is 0.673.